The van der Waals surface area contributed by atoms with Crippen LogP contribution in [0.3, 0.4) is 0 Å². The van der Waals surface area contributed by atoms with Gasteiger partial charge in [-0.05, 0) is 55.6 Å². The lowest BCUT2D eigenvalue weighted by atomic mass is 10.1. The molecule has 6 heteroatoms. The molecule has 0 atom stereocenters. The van der Waals surface area contributed by atoms with Gasteiger partial charge in [-0.25, -0.2) is 4.98 Å². The highest BCUT2D eigenvalue weighted by Gasteiger charge is 2.10. The molecule has 0 aliphatic carbocycles. The molecule has 1 amide bonds. The number of thiazole rings is 1. The van der Waals surface area contributed by atoms with E-state index in [0.717, 1.165) is 21.5 Å². The highest BCUT2D eigenvalue weighted by molar-refractivity contribution is 7.22. The lowest BCUT2D eigenvalue weighted by molar-refractivity contribution is 0.102. The van der Waals surface area contributed by atoms with E-state index in [1.165, 1.54) is 16.2 Å². The first-order valence-electron chi connectivity index (χ1n) is 8.38. The molecule has 0 unspecified atom stereocenters. The Morgan fingerprint density at radius 3 is 2.44 bits per heavy atom. The summed E-state index contributed by atoms with van der Waals surface area (Å²) in [5.41, 5.74) is 2.59. The third-order valence-corrected chi connectivity index (χ3v) is 5.53. The van der Waals surface area contributed by atoms with Crippen molar-refractivity contribution in [2.24, 2.45) is 0 Å². The molecule has 27 heavy (non-hydrogen) atoms. The monoisotopic (exact) mass is 396 g/mol. The molecule has 4 aromatic rings. The molecule has 0 saturated carbocycles. The number of aromatic nitrogens is 1. The van der Waals surface area contributed by atoms with Crippen LogP contribution in [0.5, 0.6) is 5.75 Å². The minimum atomic E-state index is -0.152. The number of hydrogen-bond acceptors (Lipinski definition) is 5. The van der Waals surface area contributed by atoms with Gasteiger partial charge in [-0.15, -0.1) is 11.3 Å². The number of aryl methyl sites for hydroxylation is 2. The number of hydrogen-bond donors (Lipinski definition) is 1. The van der Waals surface area contributed by atoms with Crippen molar-refractivity contribution in [1.82, 2.24) is 4.98 Å². The van der Waals surface area contributed by atoms with Crippen LogP contribution < -0.4 is 10.1 Å². The Labute approximate surface area is 166 Å². The van der Waals surface area contributed by atoms with Crippen LogP contribution in [-0.2, 0) is 0 Å². The van der Waals surface area contributed by atoms with Crippen molar-refractivity contribution in [3.63, 3.8) is 0 Å². The van der Waals surface area contributed by atoms with Gasteiger partial charge in [0.15, 0.2) is 5.13 Å². The van der Waals surface area contributed by atoms with Crippen LogP contribution in [0.25, 0.3) is 10.2 Å². The summed E-state index contributed by atoms with van der Waals surface area (Å²) in [6.45, 7) is 4.09. The van der Waals surface area contributed by atoms with Crippen LogP contribution in [0, 0.1) is 13.8 Å². The number of carbonyl (C=O) groups excluding carboxylic acids is 1. The number of ether oxygens (including phenoxy) is 1. The fraction of sp³-hybridized carbons (Fsp3) is 0.143. The van der Waals surface area contributed by atoms with Crippen LogP contribution in [0.15, 0.2) is 60.0 Å². The van der Waals surface area contributed by atoms with E-state index in [1.807, 2.05) is 37.3 Å². The predicted molar refractivity (Wildman–Crippen MR) is 114 cm³/mol. The van der Waals surface area contributed by atoms with E-state index in [9.17, 15) is 4.79 Å². The third kappa shape index (κ3) is 5.15. The topological polar surface area (TPSA) is 51.2 Å². The van der Waals surface area contributed by atoms with E-state index in [0.29, 0.717) is 10.7 Å². The number of benzene rings is 2. The molecule has 0 spiro atoms. The molecule has 138 valence electrons. The molecular formula is C21H20N2O2S2. The quantitative estimate of drug-likeness (QED) is 0.467. The molecule has 2 heterocycles. The minimum absolute atomic E-state index is 0.152. The molecule has 0 radical (unpaired) electrons. The molecule has 0 bridgehead atoms. The number of methoxy groups -OCH3 is 1. The first-order chi connectivity index (χ1) is 13.0. The molecular weight excluding hydrogens is 376 g/mol. The first kappa shape index (κ1) is 19.1. The zero-order valence-corrected chi connectivity index (χ0v) is 17.0. The van der Waals surface area contributed by atoms with E-state index in [-0.39, 0.29) is 5.91 Å². The van der Waals surface area contributed by atoms with Gasteiger partial charge < -0.3 is 4.74 Å². The number of nitrogens with zero attached hydrogens (tertiary/aromatic N) is 1. The van der Waals surface area contributed by atoms with Gasteiger partial charge in [0.1, 0.15) is 5.75 Å². The molecule has 0 fully saturated rings. The molecule has 4 nitrogen and oxygen atoms in total. The van der Waals surface area contributed by atoms with Crippen molar-refractivity contribution in [3.8, 4) is 5.75 Å². The molecule has 4 rings (SSSR count). The molecule has 1 N–H and O–H groups in total. The van der Waals surface area contributed by atoms with E-state index in [2.05, 4.69) is 34.7 Å². The van der Waals surface area contributed by atoms with Gasteiger partial charge in [0.05, 0.1) is 17.3 Å². The normalized spacial score (nSPS) is 10.2. The number of nitrogens with one attached hydrogen (secondary N) is 1. The second-order valence-corrected chi connectivity index (χ2v) is 8.08. The number of thiophene rings is 1. The summed E-state index contributed by atoms with van der Waals surface area (Å²) in [5, 5.41) is 5.50. The maximum absolute atomic E-state index is 12.2. The Bertz CT molecular complexity index is 1020. The summed E-state index contributed by atoms with van der Waals surface area (Å²) < 4.78 is 6.16. The number of fused-ring (bicyclic) bond motifs is 1. The molecule has 2 aromatic carbocycles. The van der Waals surface area contributed by atoms with Crippen molar-refractivity contribution in [2.75, 3.05) is 12.4 Å². The number of amides is 1. The number of carbonyl (C=O) groups is 1. The predicted octanol–water partition coefficient (Wildman–Crippen LogP) is 5.92. The lowest BCUT2D eigenvalue weighted by Gasteiger charge is -2.01. The SMILES string of the molecule is COc1ccc2nc(NC(=O)c3ccc(C)cc3)sc2c1.Cc1cccs1. The van der Waals surface area contributed by atoms with Crippen LogP contribution in [0.2, 0.25) is 0 Å². The van der Waals surface area contributed by atoms with Crippen molar-refractivity contribution >= 4 is 43.9 Å². The highest BCUT2D eigenvalue weighted by atomic mass is 32.1. The van der Waals surface area contributed by atoms with Crippen molar-refractivity contribution < 1.29 is 9.53 Å². The van der Waals surface area contributed by atoms with Crippen LogP contribution in [0.1, 0.15) is 20.8 Å². The third-order valence-electron chi connectivity index (χ3n) is 3.79. The van der Waals surface area contributed by atoms with Gasteiger partial charge in [0.2, 0.25) is 0 Å². The molecule has 2 aromatic heterocycles. The second kappa shape index (κ2) is 8.79. The van der Waals surface area contributed by atoms with E-state index >= 15 is 0 Å². The summed E-state index contributed by atoms with van der Waals surface area (Å²) in [6.07, 6.45) is 0. The minimum Gasteiger partial charge on any atom is -0.497 e. The Morgan fingerprint density at radius 2 is 1.85 bits per heavy atom. The Hall–Kier alpha value is -2.70. The number of rotatable bonds is 3. The zero-order chi connectivity index (χ0) is 19.2. The zero-order valence-electron chi connectivity index (χ0n) is 15.4. The standard InChI is InChI=1S/C16H14N2O2S.C5H6S/c1-10-3-5-11(6-4-10)15(19)18-16-17-13-8-7-12(20-2)9-14(13)21-16;1-5-3-2-4-6-5/h3-9H,1-2H3,(H,17,18,19);2-4H,1H3. The van der Waals surface area contributed by atoms with Crippen LogP contribution in [0.4, 0.5) is 5.13 Å². The largest absolute Gasteiger partial charge is 0.497 e. The Kier molecular flexibility index (Phi) is 6.21. The smallest absolute Gasteiger partial charge is 0.257 e. The summed E-state index contributed by atoms with van der Waals surface area (Å²) >= 11 is 3.21. The maximum Gasteiger partial charge on any atom is 0.257 e. The summed E-state index contributed by atoms with van der Waals surface area (Å²) in [6, 6.07) is 17.2. The summed E-state index contributed by atoms with van der Waals surface area (Å²) in [4.78, 5) is 17.9. The lowest BCUT2D eigenvalue weighted by Crippen LogP contribution is -2.11. The number of anilines is 1. The van der Waals surface area contributed by atoms with Crippen molar-refractivity contribution in [1.29, 1.82) is 0 Å². The average Bonchev–Trinajstić information content (AvgIpc) is 3.30. The second-order valence-electron chi connectivity index (χ2n) is 5.90. The van der Waals surface area contributed by atoms with Crippen LogP contribution in [-0.4, -0.2) is 18.0 Å². The van der Waals surface area contributed by atoms with Gasteiger partial charge in [-0.1, -0.05) is 35.1 Å². The van der Waals surface area contributed by atoms with Crippen LogP contribution >= 0.6 is 22.7 Å². The fourth-order valence-corrected chi connectivity index (χ4v) is 3.74. The Morgan fingerprint density at radius 1 is 1.07 bits per heavy atom. The van der Waals surface area contributed by atoms with Gasteiger partial charge >= 0.3 is 0 Å². The van der Waals surface area contributed by atoms with Gasteiger partial charge in [0.25, 0.3) is 5.91 Å². The van der Waals surface area contributed by atoms with E-state index in [4.69, 9.17) is 4.74 Å². The molecule has 0 saturated heterocycles. The summed E-state index contributed by atoms with van der Waals surface area (Å²) in [5.74, 6) is 0.628. The Balaban J connectivity index is 0.000000299. The average molecular weight is 397 g/mol. The molecule has 0 aliphatic rings. The van der Waals surface area contributed by atoms with Gasteiger partial charge in [-0.3, -0.25) is 10.1 Å². The highest BCUT2D eigenvalue weighted by Crippen LogP contribution is 2.29. The van der Waals surface area contributed by atoms with Gasteiger partial charge in [0, 0.05) is 10.4 Å². The first-order valence-corrected chi connectivity index (χ1v) is 10.1. The molecule has 0 aliphatic heterocycles. The van der Waals surface area contributed by atoms with Crippen molar-refractivity contribution in [2.45, 2.75) is 13.8 Å². The van der Waals surface area contributed by atoms with E-state index in [1.54, 1.807) is 30.6 Å². The maximum atomic E-state index is 12.2. The van der Waals surface area contributed by atoms with Gasteiger partial charge in [-0.2, -0.15) is 0 Å². The van der Waals surface area contributed by atoms with E-state index < -0.39 is 0 Å². The summed E-state index contributed by atoms with van der Waals surface area (Å²) in [7, 11) is 1.63. The van der Waals surface area contributed by atoms with Crippen molar-refractivity contribution in [3.05, 3.63) is 76.0 Å². The fourth-order valence-electron chi connectivity index (χ4n) is 2.32.